The van der Waals surface area contributed by atoms with E-state index in [1.807, 2.05) is 31.3 Å². The van der Waals surface area contributed by atoms with Crippen LogP contribution < -0.4 is 10.1 Å². The predicted molar refractivity (Wildman–Crippen MR) is 92.5 cm³/mol. The van der Waals surface area contributed by atoms with E-state index in [1.54, 1.807) is 16.3 Å². The molecular weight excluding hydrogens is 320 g/mol. The standard InChI is InChI=1S/C16H18N8O/c1-4-11-10(16(25-3)23(2)20-11)9-17-14-15-19-21-22-24(15)13-8-6-5-7-12(13)18-14/h5-8H,4,9H2,1-3H3,(H,17,18). The van der Waals surface area contributed by atoms with Crippen molar-refractivity contribution in [2.24, 2.45) is 7.05 Å². The molecule has 3 aromatic heterocycles. The Labute approximate surface area is 143 Å². The Morgan fingerprint density at radius 1 is 1.24 bits per heavy atom. The molecule has 1 aromatic carbocycles. The minimum Gasteiger partial charge on any atom is -0.481 e. The van der Waals surface area contributed by atoms with Crippen LogP contribution in [-0.2, 0) is 20.0 Å². The number of methoxy groups -OCH3 is 1. The fraction of sp³-hybridized carbons (Fsp3) is 0.312. The van der Waals surface area contributed by atoms with E-state index in [0.717, 1.165) is 34.6 Å². The quantitative estimate of drug-likeness (QED) is 0.590. The summed E-state index contributed by atoms with van der Waals surface area (Å²) in [5.41, 5.74) is 4.26. The van der Waals surface area contributed by atoms with E-state index >= 15 is 0 Å². The summed E-state index contributed by atoms with van der Waals surface area (Å²) in [5.74, 6) is 1.36. The molecule has 0 atom stereocenters. The summed E-state index contributed by atoms with van der Waals surface area (Å²) in [4.78, 5) is 4.67. The van der Waals surface area contributed by atoms with Crippen molar-refractivity contribution in [2.45, 2.75) is 19.9 Å². The first kappa shape index (κ1) is 15.3. The van der Waals surface area contributed by atoms with Crippen molar-refractivity contribution in [2.75, 3.05) is 12.4 Å². The molecule has 0 aliphatic carbocycles. The maximum absolute atomic E-state index is 5.48. The van der Waals surface area contributed by atoms with Crippen molar-refractivity contribution in [1.82, 2.24) is 34.8 Å². The molecule has 0 unspecified atom stereocenters. The topological polar surface area (TPSA) is 95.0 Å². The number of benzene rings is 1. The summed E-state index contributed by atoms with van der Waals surface area (Å²) >= 11 is 0. The van der Waals surface area contributed by atoms with Gasteiger partial charge >= 0.3 is 0 Å². The van der Waals surface area contributed by atoms with Gasteiger partial charge in [-0.1, -0.05) is 19.1 Å². The van der Waals surface area contributed by atoms with Crippen LogP contribution in [-0.4, -0.2) is 41.9 Å². The molecule has 0 spiro atoms. The van der Waals surface area contributed by atoms with Gasteiger partial charge in [-0.25, -0.2) is 9.67 Å². The van der Waals surface area contributed by atoms with Gasteiger partial charge in [0.05, 0.1) is 29.4 Å². The molecule has 9 nitrogen and oxygen atoms in total. The summed E-state index contributed by atoms with van der Waals surface area (Å²) in [6, 6.07) is 7.75. The van der Waals surface area contributed by atoms with E-state index in [2.05, 4.69) is 37.8 Å². The zero-order valence-corrected chi connectivity index (χ0v) is 14.3. The normalized spacial score (nSPS) is 11.3. The third kappa shape index (κ3) is 2.44. The van der Waals surface area contributed by atoms with Crippen LogP contribution in [0.25, 0.3) is 16.7 Å². The van der Waals surface area contributed by atoms with E-state index in [1.165, 1.54) is 0 Å². The molecule has 0 bridgehead atoms. The SMILES string of the molecule is CCc1nn(C)c(OC)c1CNc1nc2ccccc2n2nnnc12. The second-order valence-corrected chi connectivity index (χ2v) is 5.63. The first-order valence-electron chi connectivity index (χ1n) is 8.02. The summed E-state index contributed by atoms with van der Waals surface area (Å²) in [7, 11) is 3.52. The summed E-state index contributed by atoms with van der Waals surface area (Å²) in [6.45, 7) is 2.59. The van der Waals surface area contributed by atoms with Crippen LogP contribution >= 0.6 is 0 Å². The number of hydrogen-bond donors (Lipinski definition) is 1. The Balaban J connectivity index is 1.75. The zero-order chi connectivity index (χ0) is 17.4. The molecule has 0 aliphatic heterocycles. The molecule has 3 heterocycles. The van der Waals surface area contributed by atoms with Gasteiger partial charge in [0.25, 0.3) is 0 Å². The number of anilines is 1. The highest BCUT2D eigenvalue weighted by molar-refractivity contribution is 5.81. The van der Waals surface area contributed by atoms with Crippen molar-refractivity contribution in [3.63, 3.8) is 0 Å². The maximum atomic E-state index is 5.48. The smallest absolute Gasteiger partial charge is 0.222 e. The maximum Gasteiger partial charge on any atom is 0.222 e. The van der Waals surface area contributed by atoms with Gasteiger partial charge < -0.3 is 10.1 Å². The summed E-state index contributed by atoms with van der Waals surface area (Å²) < 4.78 is 8.92. The molecule has 0 amide bonds. The zero-order valence-electron chi connectivity index (χ0n) is 14.3. The monoisotopic (exact) mass is 338 g/mol. The highest BCUT2D eigenvalue weighted by atomic mass is 16.5. The number of tetrazole rings is 1. The number of aryl methyl sites for hydroxylation is 2. The average Bonchev–Trinajstić information content (AvgIpc) is 3.24. The summed E-state index contributed by atoms with van der Waals surface area (Å²) in [6.07, 6.45) is 0.821. The number of ether oxygens (including phenoxy) is 1. The first-order valence-corrected chi connectivity index (χ1v) is 8.02. The number of para-hydroxylation sites is 2. The highest BCUT2D eigenvalue weighted by Gasteiger charge is 2.17. The van der Waals surface area contributed by atoms with Crippen LogP contribution in [0.15, 0.2) is 24.3 Å². The second kappa shape index (κ2) is 6.00. The van der Waals surface area contributed by atoms with Gasteiger partial charge in [0.15, 0.2) is 5.82 Å². The van der Waals surface area contributed by atoms with Crippen LogP contribution in [0, 0.1) is 0 Å². The molecule has 4 rings (SSSR count). The molecule has 0 fully saturated rings. The van der Waals surface area contributed by atoms with Crippen LogP contribution in [0.4, 0.5) is 5.82 Å². The molecule has 0 radical (unpaired) electrons. The Kier molecular flexibility index (Phi) is 3.68. The molecule has 128 valence electrons. The fourth-order valence-electron chi connectivity index (χ4n) is 3.02. The van der Waals surface area contributed by atoms with Gasteiger partial charge in [-0.3, -0.25) is 0 Å². The molecule has 4 aromatic rings. The second-order valence-electron chi connectivity index (χ2n) is 5.63. The van der Waals surface area contributed by atoms with Gasteiger partial charge in [-0.05, 0) is 29.0 Å². The lowest BCUT2D eigenvalue weighted by Gasteiger charge is -2.09. The Morgan fingerprint density at radius 3 is 2.88 bits per heavy atom. The average molecular weight is 338 g/mol. The van der Waals surface area contributed by atoms with Crippen molar-refractivity contribution >= 4 is 22.5 Å². The lowest BCUT2D eigenvalue weighted by Crippen LogP contribution is -2.07. The van der Waals surface area contributed by atoms with E-state index < -0.39 is 0 Å². The Bertz CT molecular complexity index is 1050. The summed E-state index contributed by atoms with van der Waals surface area (Å²) in [5, 5.41) is 19.8. The molecule has 25 heavy (non-hydrogen) atoms. The molecule has 0 aliphatic rings. The molecule has 9 heteroatoms. The Morgan fingerprint density at radius 2 is 2.08 bits per heavy atom. The van der Waals surface area contributed by atoms with E-state index in [0.29, 0.717) is 18.0 Å². The van der Waals surface area contributed by atoms with E-state index in [9.17, 15) is 0 Å². The third-order valence-electron chi connectivity index (χ3n) is 4.16. The number of nitrogens with zero attached hydrogens (tertiary/aromatic N) is 7. The minimum atomic E-state index is 0.522. The fourth-order valence-corrected chi connectivity index (χ4v) is 3.02. The van der Waals surface area contributed by atoms with Gasteiger partial charge in [-0.15, -0.1) is 5.10 Å². The van der Waals surface area contributed by atoms with Gasteiger partial charge in [0, 0.05) is 13.6 Å². The Hall–Kier alpha value is -3.23. The van der Waals surface area contributed by atoms with E-state index in [4.69, 9.17) is 4.74 Å². The molecule has 0 saturated carbocycles. The lowest BCUT2D eigenvalue weighted by atomic mass is 10.2. The van der Waals surface area contributed by atoms with Crippen molar-refractivity contribution in [3.8, 4) is 5.88 Å². The van der Waals surface area contributed by atoms with Gasteiger partial charge in [0.1, 0.15) is 0 Å². The first-order chi connectivity index (χ1) is 12.2. The molecule has 1 N–H and O–H groups in total. The minimum absolute atomic E-state index is 0.522. The lowest BCUT2D eigenvalue weighted by molar-refractivity contribution is 0.369. The van der Waals surface area contributed by atoms with Crippen LogP contribution in [0.5, 0.6) is 5.88 Å². The number of rotatable bonds is 5. The molecule has 0 saturated heterocycles. The van der Waals surface area contributed by atoms with Gasteiger partial charge in [-0.2, -0.15) is 9.61 Å². The third-order valence-corrected chi connectivity index (χ3v) is 4.16. The van der Waals surface area contributed by atoms with Crippen LogP contribution in [0.3, 0.4) is 0 Å². The van der Waals surface area contributed by atoms with Crippen molar-refractivity contribution in [1.29, 1.82) is 0 Å². The largest absolute Gasteiger partial charge is 0.481 e. The van der Waals surface area contributed by atoms with Gasteiger partial charge in [0.2, 0.25) is 11.5 Å². The number of hydrogen-bond acceptors (Lipinski definition) is 7. The molecular formula is C16H18N8O. The van der Waals surface area contributed by atoms with Crippen LogP contribution in [0.2, 0.25) is 0 Å². The number of aromatic nitrogens is 7. The van der Waals surface area contributed by atoms with Crippen molar-refractivity contribution in [3.05, 3.63) is 35.5 Å². The van der Waals surface area contributed by atoms with Crippen LogP contribution in [0.1, 0.15) is 18.2 Å². The van der Waals surface area contributed by atoms with E-state index in [-0.39, 0.29) is 0 Å². The highest BCUT2D eigenvalue weighted by Crippen LogP contribution is 2.24. The number of fused-ring (bicyclic) bond motifs is 3. The predicted octanol–water partition coefficient (Wildman–Crippen LogP) is 1.59. The van der Waals surface area contributed by atoms with Crippen molar-refractivity contribution < 1.29 is 4.74 Å². The number of nitrogens with one attached hydrogen (secondary N) is 1.